The monoisotopic (exact) mass is 328 g/mol. The Balaban J connectivity index is 1.79. The Morgan fingerprint density at radius 1 is 1.17 bits per heavy atom. The third-order valence-corrected chi connectivity index (χ3v) is 4.55. The lowest BCUT2D eigenvalue weighted by molar-refractivity contribution is -0.0170. The SMILES string of the molecule is Cc1cc2ncn(Cc3cc(Cl)cc4c3OCOC4)c2cc1C. The Morgan fingerprint density at radius 2 is 2.00 bits per heavy atom. The number of halogens is 1. The molecule has 1 aliphatic rings. The highest BCUT2D eigenvalue weighted by Gasteiger charge is 2.17. The fourth-order valence-electron chi connectivity index (χ4n) is 3.00. The first-order chi connectivity index (χ1) is 11.1. The van der Waals surface area contributed by atoms with E-state index in [1.54, 1.807) is 0 Å². The van der Waals surface area contributed by atoms with Crippen LogP contribution >= 0.6 is 11.6 Å². The normalized spacial score (nSPS) is 13.9. The second kappa shape index (κ2) is 5.55. The smallest absolute Gasteiger partial charge is 0.189 e. The summed E-state index contributed by atoms with van der Waals surface area (Å²) in [7, 11) is 0. The minimum absolute atomic E-state index is 0.282. The van der Waals surface area contributed by atoms with Gasteiger partial charge in [0.2, 0.25) is 0 Å². The van der Waals surface area contributed by atoms with E-state index >= 15 is 0 Å². The molecule has 0 bridgehead atoms. The summed E-state index contributed by atoms with van der Waals surface area (Å²) >= 11 is 6.25. The maximum atomic E-state index is 6.25. The van der Waals surface area contributed by atoms with Gasteiger partial charge in [0.15, 0.2) is 6.79 Å². The molecule has 0 N–H and O–H groups in total. The molecule has 5 heteroatoms. The van der Waals surface area contributed by atoms with Crippen LogP contribution in [0.1, 0.15) is 22.3 Å². The quantitative estimate of drug-likeness (QED) is 0.706. The summed E-state index contributed by atoms with van der Waals surface area (Å²) < 4.78 is 13.2. The summed E-state index contributed by atoms with van der Waals surface area (Å²) in [5.41, 5.74) is 6.69. The van der Waals surface area contributed by atoms with Crippen molar-refractivity contribution < 1.29 is 9.47 Å². The minimum atomic E-state index is 0.282. The van der Waals surface area contributed by atoms with E-state index in [1.165, 1.54) is 11.1 Å². The number of benzene rings is 2. The highest BCUT2D eigenvalue weighted by Crippen LogP contribution is 2.32. The van der Waals surface area contributed by atoms with Gasteiger partial charge < -0.3 is 14.0 Å². The number of aromatic nitrogens is 2. The van der Waals surface area contributed by atoms with Gasteiger partial charge in [-0.05, 0) is 49.2 Å². The minimum Gasteiger partial charge on any atom is -0.467 e. The zero-order valence-electron chi connectivity index (χ0n) is 13.1. The van der Waals surface area contributed by atoms with E-state index in [9.17, 15) is 0 Å². The molecule has 1 aromatic heterocycles. The van der Waals surface area contributed by atoms with Crippen LogP contribution in [-0.2, 0) is 17.9 Å². The molecule has 0 atom stereocenters. The van der Waals surface area contributed by atoms with Crippen LogP contribution in [0.5, 0.6) is 5.75 Å². The van der Waals surface area contributed by atoms with Gasteiger partial charge >= 0.3 is 0 Å². The topological polar surface area (TPSA) is 36.3 Å². The third kappa shape index (κ3) is 2.58. The summed E-state index contributed by atoms with van der Waals surface area (Å²) in [4.78, 5) is 4.52. The Morgan fingerprint density at radius 3 is 2.87 bits per heavy atom. The molecular weight excluding hydrogens is 312 g/mol. The summed E-state index contributed by atoms with van der Waals surface area (Å²) in [5.74, 6) is 0.881. The van der Waals surface area contributed by atoms with Gasteiger partial charge in [0, 0.05) is 16.1 Å². The van der Waals surface area contributed by atoms with Gasteiger partial charge in [0.1, 0.15) is 5.75 Å². The largest absolute Gasteiger partial charge is 0.467 e. The molecule has 0 radical (unpaired) electrons. The molecule has 2 heterocycles. The van der Waals surface area contributed by atoms with E-state index in [2.05, 4.69) is 35.5 Å². The lowest BCUT2D eigenvalue weighted by Gasteiger charge is -2.21. The van der Waals surface area contributed by atoms with E-state index in [-0.39, 0.29) is 6.79 Å². The predicted octanol–water partition coefficient (Wildman–Crippen LogP) is 4.22. The molecule has 0 aliphatic carbocycles. The summed E-state index contributed by atoms with van der Waals surface area (Å²) in [6.07, 6.45) is 1.87. The Labute approximate surface area is 139 Å². The summed E-state index contributed by atoms with van der Waals surface area (Å²) in [6, 6.07) is 8.16. The van der Waals surface area contributed by atoms with Crippen molar-refractivity contribution in [2.24, 2.45) is 0 Å². The third-order valence-electron chi connectivity index (χ3n) is 4.33. The van der Waals surface area contributed by atoms with Crippen molar-refractivity contribution in [3.63, 3.8) is 0 Å². The average Bonchev–Trinajstić information content (AvgIpc) is 2.90. The molecule has 4 nitrogen and oxygen atoms in total. The van der Waals surface area contributed by atoms with Gasteiger partial charge in [-0.15, -0.1) is 0 Å². The van der Waals surface area contributed by atoms with Crippen LogP contribution in [0.15, 0.2) is 30.6 Å². The second-order valence-electron chi connectivity index (χ2n) is 5.96. The van der Waals surface area contributed by atoms with Crippen molar-refractivity contribution >= 4 is 22.6 Å². The van der Waals surface area contributed by atoms with Gasteiger partial charge in [-0.1, -0.05) is 11.6 Å². The van der Waals surface area contributed by atoms with Crippen LogP contribution in [0.3, 0.4) is 0 Å². The van der Waals surface area contributed by atoms with Crippen molar-refractivity contribution in [1.29, 1.82) is 0 Å². The molecule has 0 spiro atoms. The molecule has 0 unspecified atom stereocenters. The van der Waals surface area contributed by atoms with Crippen LogP contribution in [0.2, 0.25) is 5.02 Å². The molecule has 23 heavy (non-hydrogen) atoms. The lowest BCUT2D eigenvalue weighted by atomic mass is 10.1. The number of fused-ring (bicyclic) bond motifs is 2. The first-order valence-corrected chi connectivity index (χ1v) is 7.93. The molecule has 4 rings (SSSR count). The van der Waals surface area contributed by atoms with Crippen LogP contribution in [0, 0.1) is 13.8 Å². The van der Waals surface area contributed by atoms with Crippen molar-refractivity contribution in [3.8, 4) is 5.75 Å². The summed E-state index contributed by atoms with van der Waals surface area (Å²) in [5, 5.41) is 0.698. The van der Waals surface area contributed by atoms with Crippen molar-refractivity contribution in [2.45, 2.75) is 27.0 Å². The van der Waals surface area contributed by atoms with Crippen LogP contribution < -0.4 is 4.74 Å². The fraction of sp³-hybridized carbons (Fsp3) is 0.278. The van der Waals surface area contributed by atoms with Crippen molar-refractivity contribution in [1.82, 2.24) is 9.55 Å². The van der Waals surface area contributed by atoms with E-state index in [0.717, 1.165) is 27.9 Å². The number of nitrogens with zero attached hydrogens (tertiary/aromatic N) is 2. The average molecular weight is 329 g/mol. The fourth-order valence-corrected chi connectivity index (χ4v) is 3.26. The number of imidazole rings is 1. The van der Waals surface area contributed by atoms with E-state index in [1.807, 2.05) is 18.5 Å². The standard InChI is InChI=1S/C18H17ClN2O2/c1-11-3-16-17(4-12(11)2)21(9-20-16)7-13-5-15(19)6-14-8-22-10-23-18(13)14/h3-6,9H,7-8,10H2,1-2H3. The number of hydrogen-bond acceptors (Lipinski definition) is 3. The maximum Gasteiger partial charge on any atom is 0.189 e. The Hall–Kier alpha value is -2.04. The van der Waals surface area contributed by atoms with E-state index in [4.69, 9.17) is 21.1 Å². The van der Waals surface area contributed by atoms with Gasteiger partial charge in [-0.25, -0.2) is 4.98 Å². The first kappa shape index (κ1) is 14.5. The molecule has 3 aromatic rings. The summed E-state index contributed by atoms with van der Waals surface area (Å²) in [6.45, 7) is 5.71. The Bertz CT molecular complexity index is 902. The van der Waals surface area contributed by atoms with E-state index in [0.29, 0.717) is 18.2 Å². The van der Waals surface area contributed by atoms with Gasteiger partial charge in [0.05, 0.1) is 30.5 Å². The molecule has 0 fully saturated rings. The van der Waals surface area contributed by atoms with Gasteiger partial charge in [0.25, 0.3) is 0 Å². The first-order valence-electron chi connectivity index (χ1n) is 7.56. The van der Waals surface area contributed by atoms with Crippen molar-refractivity contribution in [3.05, 3.63) is 57.9 Å². The number of rotatable bonds is 2. The highest BCUT2D eigenvalue weighted by atomic mass is 35.5. The molecular formula is C18H17ClN2O2. The predicted molar refractivity (Wildman–Crippen MR) is 90.0 cm³/mol. The van der Waals surface area contributed by atoms with Crippen LogP contribution in [-0.4, -0.2) is 16.3 Å². The van der Waals surface area contributed by atoms with Crippen LogP contribution in [0.25, 0.3) is 11.0 Å². The maximum absolute atomic E-state index is 6.25. The highest BCUT2D eigenvalue weighted by molar-refractivity contribution is 6.30. The molecule has 118 valence electrons. The zero-order chi connectivity index (χ0) is 16.0. The number of ether oxygens (including phenoxy) is 2. The zero-order valence-corrected chi connectivity index (χ0v) is 13.9. The molecule has 2 aromatic carbocycles. The lowest BCUT2D eigenvalue weighted by Crippen LogP contribution is -2.14. The molecule has 0 saturated heterocycles. The Kier molecular flexibility index (Phi) is 3.51. The van der Waals surface area contributed by atoms with Gasteiger partial charge in [-0.2, -0.15) is 0 Å². The molecule has 1 aliphatic heterocycles. The van der Waals surface area contributed by atoms with Crippen LogP contribution in [0.4, 0.5) is 0 Å². The van der Waals surface area contributed by atoms with Gasteiger partial charge in [-0.3, -0.25) is 0 Å². The number of hydrogen-bond donors (Lipinski definition) is 0. The number of aryl methyl sites for hydroxylation is 2. The molecule has 0 amide bonds. The second-order valence-corrected chi connectivity index (χ2v) is 6.40. The van der Waals surface area contributed by atoms with E-state index < -0.39 is 0 Å². The molecule has 0 saturated carbocycles. The van der Waals surface area contributed by atoms with Crippen molar-refractivity contribution in [2.75, 3.05) is 6.79 Å².